The topological polar surface area (TPSA) is 33.2 Å². The summed E-state index contributed by atoms with van der Waals surface area (Å²) in [7, 11) is 0. The Labute approximate surface area is 99.2 Å². The summed E-state index contributed by atoms with van der Waals surface area (Å²) in [5, 5.41) is 0.196. The lowest BCUT2D eigenvalue weighted by atomic mass is 10.2. The van der Waals surface area contributed by atoms with Gasteiger partial charge < -0.3 is 4.90 Å². The average molecular weight is 234 g/mol. The fourth-order valence-corrected chi connectivity index (χ4v) is 3.31. The molecule has 4 heteroatoms. The molecule has 1 saturated heterocycles. The number of carbonyl (C=O) groups is 1. The number of pyridine rings is 1. The molecular weight excluding hydrogens is 220 g/mol. The summed E-state index contributed by atoms with van der Waals surface area (Å²) in [6.07, 6.45) is 5.81. The lowest BCUT2D eigenvalue weighted by Crippen LogP contribution is -2.31. The van der Waals surface area contributed by atoms with Crippen LogP contribution in [-0.2, 0) is 4.79 Å². The number of aromatic nitrogens is 1. The van der Waals surface area contributed by atoms with Gasteiger partial charge >= 0.3 is 0 Å². The van der Waals surface area contributed by atoms with Gasteiger partial charge in [0, 0.05) is 36.2 Å². The first-order chi connectivity index (χ1) is 7.86. The molecule has 1 atom stereocenters. The summed E-state index contributed by atoms with van der Waals surface area (Å²) >= 11 is 1.84. The maximum absolute atomic E-state index is 12.1. The molecule has 0 bridgehead atoms. The first-order valence-electron chi connectivity index (χ1n) is 5.68. The Balaban J connectivity index is 1.81. The Bertz CT molecular complexity index is 391. The van der Waals surface area contributed by atoms with Crippen LogP contribution in [0.15, 0.2) is 24.5 Å². The Morgan fingerprint density at radius 1 is 1.50 bits per heavy atom. The molecule has 3 nitrogen and oxygen atoms in total. The summed E-state index contributed by atoms with van der Waals surface area (Å²) in [4.78, 5) is 18.2. The van der Waals surface area contributed by atoms with Crippen molar-refractivity contribution >= 4 is 17.7 Å². The molecule has 1 aromatic heterocycles. The third-order valence-corrected chi connectivity index (χ3v) is 4.33. The van der Waals surface area contributed by atoms with E-state index in [0.717, 1.165) is 30.7 Å². The van der Waals surface area contributed by atoms with E-state index in [2.05, 4.69) is 11.1 Å². The first-order valence-corrected chi connectivity index (χ1v) is 6.73. The second-order valence-corrected chi connectivity index (χ2v) is 5.50. The average Bonchev–Trinajstić information content (AvgIpc) is 3.06. The van der Waals surface area contributed by atoms with Gasteiger partial charge in [0.1, 0.15) is 5.37 Å². The van der Waals surface area contributed by atoms with Crippen molar-refractivity contribution in [3.63, 3.8) is 0 Å². The van der Waals surface area contributed by atoms with Crippen LogP contribution < -0.4 is 0 Å². The zero-order valence-electron chi connectivity index (χ0n) is 9.00. The van der Waals surface area contributed by atoms with Crippen LogP contribution in [0.5, 0.6) is 0 Å². The third kappa shape index (κ3) is 1.82. The number of amides is 1. The monoisotopic (exact) mass is 234 g/mol. The Morgan fingerprint density at radius 2 is 2.38 bits per heavy atom. The normalized spacial score (nSPS) is 24.8. The van der Waals surface area contributed by atoms with E-state index in [1.165, 1.54) is 0 Å². The molecule has 0 aromatic carbocycles. The van der Waals surface area contributed by atoms with Crippen LogP contribution in [0.25, 0.3) is 0 Å². The van der Waals surface area contributed by atoms with E-state index < -0.39 is 0 Å². The number of rotatable bonds is 2. The molecule has 0 spiro atoms. The Morgan fingerprint density at radius 3 is 3.06 bits per heavy atom. The highest BCUT2D eigenvalue weighted by Gasteiger charge is 2.39. The molecule has 2 heterocycles. The highest BCUT2D eigenvalue weighted by atomic mass is 32.2. The predicted octanol–water partition coefficient (Wildman–Crippen LogP) is 2.07. The van der Waals surface area contributed by atoms with Crippen molar-refractivity contribution in [3.8, 4) is 0 Å². The summed E-state index contributed by atoms with van der Waals surface area (Å²) in [6, 6.07) is 4.00. The van der Waals surface area contributed by atoms with E-state index in [1.54, 1.807) is 6.20 Å². The van der Waals surface area contributed by atoms with Gasteiger partial charge in [0.05, 0.1) is 0 Å². The van der Waals surface area contributed by atoms with Crippen molar-refractivity contribution in [1.82, 2.24) is 9.88 Å². The minimum absolute atomic E-state index is 0.196. The SMILES string of the molecule is O=C(C1CC1)N1CCSC1c1cccnc1. The molecule has 84 valence electrons. The zero-order valence-corrected chi connectivity index (χ0v) is 9.82. The van der Waals surface area contributed by atoms with E-state index in [9.17, 15) is 4.79 Å². The molecule has 0 radical (unpaired) electrons. The molecule has 1 unspecified atom stereocenters. The molecule has 1 aliphatic heterocycles. The van der Waals surface area contributed by atoms with Crippen molar-refractivity contribution in [1.29, 1.82) is 0 Å². The molecule has 1 aromatic rings. The van der Waals surface area contributed by atoms with Crippen LogP contribution in [0.3, 0.4) is 0 Å². The van der Waals surface area contributed by atoms with E-state index in [-0.39, 0.29) is 5.37 Å². The Hall–Kier alpha value is -1.03. The van der Waals surface area contributed by atoms with Crippen molar-refractivity contribution in [2.45, 2.75) is 18.2 Å². The van der Waals surface area contributed by atoms with Crippen LogP contribution in [0.2, 0.25) is 0 Å². The minimum Gasteiger partial charge on any atom is -0.325 e. The van der Waals surface area contributed by atoms with E-state index in [4.69, 9.17) is 0 Å². The van der Waals surface area contributed by atoms with Gasteiger partial charge in [0.15, 0.2) is 0 Å². The molecule has 16 heavy (non-hydrogen) atoms. The highest BCUT2D eigenvalue weighted by molar-refractivity contribution is 7.99. The molecule has 2 fully saturated rings. The van der Waals surface area contributed by atoms with Gasteiger partial charge in [-0.05, 0) is 18.9 Å². The van der Waals surface area contributed by atoms with Crippen molar-refractivity contribution in [3.05, 3.63) is 30.1 Å². The maximum Gasteiger partial charge on any atom is 0.226 e. The van der Waals surface area contributed by atoms with Crippen LogP contribution in [0.4, 0.5) is 0 Å². The highest BCUT2D eigenvalue weighted by Crippen LogP contribution is 2.41. The van der Waals surface area contributed by atoms with Gasteiger partial charge in [-0.25, -0.2) is 0 Å². The van der Waals surface area contributed by atoms with Gasteiger partial charge in [-0.15, -0.1) is 11.8 Å². The second-order valence-electron chi connectivity index (χ2n) is 4.32. The molecule has 3 rings (SSSR count). The molecular formula is C12H14N2OS. The number of nitrogens with zero attached hydrogens (tertiary/aromatic N) is 2. The number of thioether (sulfide) groups is 1. The smallest absolute Gasteiger partial charge is 0.226 e. The van der Waals surface area contributed by atoms with E-state index in [0.29, 0.717) is 11.8 Å². The summed E-state index contributed by atoms with van der Waals surface area (Å²) in [5.41, 5.74) is 1.15. The van der Waals surface area contributed by atoms with Gasteiger partial charge in [-0.2, -0.15) is 0 Å². The molecule has 1 saturated carbocycles. The van der Waals surface area contributed by atoms with Gasteiger partial charge in [0.25, 0.3) is 0 Å². The molecule has 2 aliphatic rings. The van der Waals surface area contributed by atoms with Crippen LogP contribution in [0, 0.1) is 5.92 Å². The van der Waals surface area contributed by atoms with E-state index in [1.807, 2.05) is 28.9 Å². The lowest BCUT2D eigenvalue weighted by Gasteiger charge is -2.23. The maximum atomic E-state index is 12.1. The van der Waals surface area contributed by atoms with Crippen molar-refractivity contribution in [2.24, 2.45) is 5.92 Å². The van der Waals surface area contributed by atoms with E-state index >= 15 is 0 Å². The number of carbonyl (C=O) groups excluding carboxylic acids is 1. The van der Waals surface area contributed by atoms with Gasteiger partial charge in [-0.1, -0.05) is 6.07 Å². The van der Waals surface area contributed by atoms with Crippen molar-refractivity contribution < 1.29 is 4.79 Å². The number of hydrogen-bond donors (Lipinski definition) is 0. The standard InChI is InChI=1S/C12H14N2OS/c15-11(9-3-4-9)14-6-7-16-12(14)10-2-1-5-13-8-10/h1-2,5,8-9,12H,3-4,6-7H2. The van der Waals surface area contributed by atoms with Gasteiger partial charge in [0.2, 0.25) is 5.91 Å². The largest absolute Gasteiger partial charge is 0.325 e. The molecule has 1 amide bonds. The summed E-state index contributed by atoms with van der Waals surface area (Å²) < 4.78 is 0. The number of hydrogen-bond acceptors (Lipinski definition) is 3. The lowest BCUT2D eigenvalue weighted by molar-refractivity contribution is -0.132. The van der Waals surface area contributed by atoms with Gasteiger partial charge in [-0.3, -0.25) is 9.78 Å². The van der Waals surface area contributed by atoms with Crippen molar-refractivity contribution in [2.75, 3.05) is 12.3 Å². The van der Waals surface area contributed by atoms with Crippen LogP contribution in [0.1, 0.15) is 23.8 Å². The first kappa shape index (κ1) is 10.1. The van der Waals surface area contributed by atoms with Crippen LogP contribution >= 0.6 is 11.8 Å². The fraction of sp³-hybridized carbons (Fsp3) is 0.500. The summed E-state index contributed by atoms with van der Waals surface area (Å²) in [5.74, 6) is 1.70. The van der Waals surface area contributed by atoms with Crippen LogP contribution in [-0.4, -0.2) is 28.1 Å². The quantitative estimate of drug-likeness (QED) is 0.785. The minimum atomic E-state index is 0.196. The summed E-state index contributed by atoms with van der Waals surface area (Å²) in [6.45, 7) is 0.888. The molecule has 0 N–H and O–H groups in total. The predicted molar refractivity (Wildman–Crippen MR) is 63.9 cm³/mol. The Kier molecular flexibility index (Phi) is 2.59. The zero-order chi connectivity index (χ0) is 11.0. The second kappa shape index (κ2) is 4.09. The third-order valence-electron chi connectivity index (χ3n) is 3.07. The molecule has 1 aliphatic carbocycles. The fourth-order valence-electron chi connectivity index (χ4n) is 2.06.